The van der Waals surface area contributed by atoms with Crippen LogP contribution in [0.1, 0.15) is 56.1 Å². The zero-order valence-corrected chi connectivity index (χ0v) is 36.9. The van der Waals surface area contributed by atoms with Gasteiger partial charge in [0.1, 0.15) is 36.8 Å². The summed E-state index contributed by atoms with van der Waals surface area (Å²) >= 11 is 0. The molecule has 67 heavy (non-hydrogen) atoms. The van der Waals surface area contributed by atoms with Crippen molar-refractivity contribution in [2.45, 2.75) is 88.1 Å². The summed E-state index contributed by atoms with van der Waals surface area (Å²) in [4.78, 5) is 143. The topological polar surface area (TPSA) is 470 Å². The number of amides is 8. The van der Waals surface area contributed by atoms with Crippen molar-refractivity contribution in [3.63, 3.8) is 0 Å². The number of nitrogens with two attached hydrogens (primary N) is 1. The van der Waals surface area contributed by atoms with Crippen molar-refractivity contribution in [2.24, 2.45) is 5.84 Å². The maximum Gasteiger partial charge on any atom is 0.422 e. The molecular formula is C36H52N10O19S2. The van der Waals surface area contributed by atoms with E-state index >= 15 is 0 Å². The summed E-state index contributed by atoms with van der Waals surface area (Å²) in [6, 6.07) is -3.85. The first-order valence-corrected chi connectivity index (χ1v) is 22.1. The molecule has 0 saturated carbocycles. The molecule has 372 valence electrons. The van der Waals surface area contributed by atoms with Crippen LogP contribution < -0.4 is 54.0 Å². The van der Waals surface area contributed by atoms with E-state index in [-0.39, 0.29) is 56.9 Å². The van der Waals surface area contributed by atoms with E-state index in [1.165, 1.54) is 12.1 Å². The number of hydrogen-bond acceptors (Lipinski definition) is 17. The average molecular weight is 993 g/mol. The standard InChI is InChI=1S/C36H52N10O19S2/c37-46-45-36(64)65-11-12-66-67-17-24(33(60)61)42-30(55)23(15-28(52)53)41-29(54)22(14-27(50)51)40-25(47)13-18-4-6-19(7-5-18)16-39-34(62)38-10-2-1-3-20(31(56)57)43-35(63)44-21(32(58)59)8-9-26(48)49/h4-7,20-24,46H,1-3,8-17,37H2,(H,40,47)(H,41,54)(H,42,55)(H,45,64)(H,48,49)(H,50,51)(H,52,53)(H,56,57)(H,58,59)(H,60,61)(H2,38,39,62)(H2,43,44,63). The van der Waals surface area contributed by atoms with Crippen LogP contribution in [-0.4, -0.2) is 157 Å². The van der Waals surface area contributed by atoms with Crippen LogP contribution in [0.4, 0.5) is 14.4 Å². The molecule has 8 amide bonds. The Morgan fingerprint density at radius 2 is 1.12 bits per heavy atom. The van der Waals surface area contributed by atoms with E-state index in [1.807, 2.05) is 16.3 Å². The number of benzene rings is 1. The Morgan fingerprint density at radius 3 is 1.66 bits per heavy atom. The van der Waals surface area contributed by atoms with Crippen molar-refractivity contribution in [3.8, 4) is 0 Å². The van der Waals surface area contributed by atoms with Crippen molar-refractivity contribution in [1.82, 2.24) is 48.2 Å². The Bertz CT molecular complexity index is 1910. The van der Waals surface area contributed by atoms with E-state index in [0.29, 0.717) is 11.1 Å². The number of carbonyl (C=O) groups excluding carboxylic acids is 6. The average Bonchev–Trinajstić information content (AvgIpc) is 3.23. The molecule has 0 spiro atoms. The van der Waals surface area contributed by atoms with Crippen LogP contribution in [0.25, 0.3) is 0 Å². The first-order valence-electron chi connectivity index (χ1n) is 19.6. The maximum atomic E-state index is 13.1. The summed E-state index contributed by atoms with van der Waals surface area (Å²) in [5.74, 6) is -7.32. The lowest BCUT2D eigenvalue weighted by atomic mass is 10.1. The Labute approximate surface area is 387 Å². The minimum Gasteiger partial charge on any atom is -0.481 e. The molecule has 31 heteroatoms. The number of hydrazine groups is 2. The second-order valence-corrected chi connectivity index (χ2v) is 16.3. The van der Waals surface area contributed by atoms with E-state index in [9.17, 15) is 78.0 Å². The predicted octanol–water partition coefficient (Wildman–Crippen LogP) is -2.76. The molecule has 0 aliphatic heterocycles. The third-order valence-corrected chi connectivity index (χ3v) is 10.8. The van der Waals surface area contributed by atoms with Crippen LogP contribution in [0.3, 0.4) is 0 Å². The van der Waals surface area contributed by atoms with E-state index < -0.39 is 128 Å². The molecular weight excluding hydrogens is 941 g/mol. The van der Waals surface area contributed by atoms with Crippen molar-refractivity contribution in [3.05, 3.63) is 35.4 Å². The number of unbranched alkanes of at least 4 members (excludes halogenated alkanes) is 1. The fourth-order valence-electron chi connectivity index (χ4n) is 5.19. The first-order chi connectivity index (χ1) is 31.6. The second-order valence-electron chi connectivity index (χ2n) is 13.7. The Kier molecular flexibility index (Phi) is 27.4. The molecule has 0 bridgehead atoms. The summed E-state index contributed by atoms with van der Waals surface area (Å²) in [5.41, 5.74) is 4.78. The SMILES string of the molecule is NNNC(=O)OCCSSCC(NC(=O)C(CC(=O)O)NC(=O)C(CC(=O)O)NC(=O)Cc1ccc(CNC(=O)NCCCCC(NC(=O)NC(CCC(=O)O)C(=O)O)C(=O)O)cc1)C(=O)O. The van der Waals surface area contributed by atoms with Gasteiger partial charge in [-0.2, -0.15) is 5.53 Å². The number of carboxylic acid groups (broad SMARTS) is 6. The number of carboxylic acids is 6. The highest BCUT2D eigenvalue weighted by molar-refractivity contribution is 8.76. The number of ether oxygens (including phenoxy) is 1. The summed E-state index contributed by atoms with van der Waals surface area (Å²) in [6.45, 7) is 0.0291. The summed E-state index contributed by atoms with van der Waals surface area (Å²) in [5, 5.41) is 71.4. The van der Waals surface area contributed by atoms with Gasteiger partial charge in [0.25, 0.3) is 0 Å². The molecule has 0 heterocycles. The number of aliphatic carboxylic acids is 6. The predicted molar refractivity (Wildman–Crippen MR) is 230 cm³/mol. The van der Waals surface area contributed by atoms with Gasteiger partial charge in [-0.25, -0.2) is 34.2 Å². The first kappa shape index (κ1) is 57.9. The lowest BCUT2D eigenvalue weighted by molar-refractivity contribution is -0.144. The molecule has 0 fully saturated rings. The lowest BCUT2D eigenvalue weighted by Crippen LogP contribution is -2.57. The van der Waals surface area contributed by atoms with Gasteiger partial charge in [0.15, 0.2) is 0 Å². The van der Waals surface area contributed by atoms with Gasteiger partial charge in [0, 0.05) is 31.0 Å². The molecule has 0 saturated heterocycles. The van der Waals surface area contributed by atoms with E-state index in [2.05, 4.69) is 31.9 Å². The van der Waals surface area contributed by atoms with Crippen molar-refractivity contribution in [2.75, 3.05) is 24.7 Å². The van der Waals surface area contributed by atoms with E-state index in [4.69, 9.17) is 20.8 Å². The van der Waals surface area contributed by atoms with Crippen LogP contribution >= 0.6 is 21.6 Å². The molecule has 17 N–H and O–H groups in total. The normalized spacial score (nSPS) is 12.8. The van der Waals surface area contributed by atoms with Gasteiger partial charge < -0.3 is 72.6 Å². The third-order valence-electron chi connectivity index (χ3n) is 8.45. The van der Waals surface area contributed by atoms with E-state index in [1.54, 1.807) is 12.1 Å². The molecule has 5 unspecified atom stereocenters. The fourth-order valence-corrected chi connectivity index (χ4v) is 7.17. The van der Waals surface area contributed by atoms with Crippen LogP contribution in [0.5, 0.6) is 0 Å². The number of urea groups is 2. The van der Waals surface area contributed by atoms with Crippen molar-refractivity contribution < 1.29 is 92.9 Å². The van der Waals surface area contributed by atoms with Gasteiger partial charge in [0.05, 0.1) is 19.3 Å². The Hall–Kier alpha value is -7.12. The molecule has 1 aromatic carbocycles. The maximum absolute atomic E-state index is 13.1. The smallest absolute Gasteiger partial charge is 0.422 e. The van der Waals surface area contributed by atoms with Gasteiger partial charge in [-0.05, 0) is 36.8 Å². The quantitative estimate of drug-likeness (QED) is 0.0147. The number of hydrogen-bond donors (Lipinski definition) is 16. The van der Waals surface area contributed by atoms with Crippen LogP contribution in [0, 0.1) is 0 Å². The summed E-state index contributed by atoms with van der Waals surface area (Å²) in [7, 11) is 2.03. The van der Waals surface area contributed by atoms with Crippen molar-refractivity contribution >= 4 is 93.3 Å². The summed E-state index contributed by atoms with van der Waals surface area (Å²) in [6.07, 6.45) is -3.84. The fraction of sp³-hybridized carbons (Fsp3) is 0.500. The van der Waals surface area contributed by atoms with Crippen LogP contribution in [-0.2, 0) is 60.9 Å². The monoisotopic (exact) mass is 992 g/mol. The summed E-state index contributed by atoms with van der Waals surface area (Å²) < 4.78 is 4.75. The highest BCUT2D eigenvalue weighted by Gasteiger charge is 2.32. The minimum atomic E-state index is -1.90. The van der Waals surface area contributed by atoms with Gasteiger partial charge in [-0.1, -0.05) is 45.9 Å². The molecule has 0 aromatic heterocycles. The zero-order chi connectivity index (χ0) is 50.5. The highest BCUT2D eigenvalue weighted by atomic mass is 33.1. The number of nitrogens with one attached hydrogen (secondary N) is 9. The number of rotatable bonds is 33. The van der Waals surface area contributed by atoms with Crippen molar-refractivity contribution in [1.29, 1.82) is 0 Å². The van der Waals surface area contributed by atoms with Crippen LogP contribution in [0.15, 0.2) is 24.3 Å². The molecule has 1 aromatic rings. The third kappa shape index (κ3) is 26.4. The number of carbonyl (C=O) groups is 12. The highest BCUT2D eigenvalue weighted by Crippen LogP contribution is 2.22. The van der Waals surface area contributed by atoms with Crippen LogP contribution in [0.2, 0.25) is 0 Å². The minimum absolute atomic E-state index is 0.0180. The van der Waals surface area contributed by atoms with Gasteiger partial charge in [0.2, 0.25) is 17.7 Å². The molecule has 29 nitrogen and oxygen atoms in total. The molecule has 0 radical (unpaired) electrons. The molecule has 0 aliphatic rings. The van der Waals surface area contributed by atoms with E-state index in [0.717, 1.165) is 21.6 Å². The second kappa shape index (κ2) is 31.7. The Balaban J connectivity index is 2.67. The largest absolute Gasteiger partial charge is 0.481 e. The Morgan fingerprint density at radius 1 is 0.582 bits per heavy atom. The molecule has 5 atom stereocenters. The molecule has 0 aliphatic carbocycles. The van der Waals surface area contributed by atoms with Gasteiger partial charge in [-0.15, -0.1) is 0 Å². The molecule has 1 rings (SSSR count). The van der Waals surface area contributed by atoms with Gasteiger partial charge in [-0.3, -0.25) is 34.6 Å². The lowest BCUT2D eigenvalue weighted by Gasteiger charge is -2.23. The van der Waals surface area contributed by atoms with Gasteiger partial charge >= 0.3 is 54.0 Å². The zero-order valence-electron chi connectivity index (χ0n) is 35.3.